The predicted octanol–water partition coefficient (Wildman–Crippen LogP) is 1.18. The van der Waals surface area contributed by atoms with E-state index in [0.717, 1.165) is 0 Å². The van der Waals surface area contributed by atoms with Crippen LogP contribution in [0.2, 0.25) is 0 Å². The third kappa shape index (κ3) is 2.48. The molecule has 1 aliphatic heterocycles. The summed E-state index contributed by atoms with van der Waals surface area (Å²) in [6, 6.07) is 2.36. The zero-order chi connectivity index (χ0) is 13.3. The number of aliphatic carboxylic acids is 1. The second kappa shape index (κ2) is 4.73. The molecule has 0 spiro atoms. The lowest BCUT2D eigenvalue weighted by Crippen LogP contribution is -2.13. The van der Waals surface area contributed by atoms with Gasteiger partial charge in [-0.1, -0.05) is 6.07 Å². The summed E-state index contributed by atoms with van der Waals surface area (Å²) in [4.78, 5) is 21.6. The molecule has 96 valence electrons. The zero-order valence-corrected chi connectivity index (χ0v) is 9.57. The van der Waals surface area contributed by atoms with Crippen LogP contribution in [-0.2, 0) is 16.0 Å². The molecule has 1 atom stereocenters. The Balaban J connectivity index is 2.20. The van der Waals surface area contributed by atoms with Crippen LogP contribution in [0.25, 0.3) is 0 Å². The van der Waals surface area contributed by atoms with Crippen molar-refractivity contribution < 1.29 is 19.1 Å². The Bertz CT molecular complexity index is 516. The number of fused-ring (bicyclic) bond motifs is 1. The topological polar surface area (TPSA) is 92.4 Å². The van der Waals surface area contributed by atoms with Gasteiger partial charge in [-0.25, -0.2) is 4.39 Å². The minimum Gasteiger partial charge on any atom is -0.481 e. The number of nitrogens with one attached hydrogen (secondary N) is 1. The Morgan fingerprint density at radius 3 is 2.94 bits per heavy atom. The van der Waals surface area contributed by atoms with E-state index in [1.165, 1.54) is 6.07 Å². The van der Waals surface area contributed by atoms with Crippen LogP contribution >= 0.6 is 0 Å². The van der Waals surface area contributed by atoms with Gasteiger partial charge >= 0.3 is 5.97 Å². The Morgan fingerprint density at radius 2 is 2.28 bits per heavy atom. The molecule has 0 aliphatic carbocycles. The summed E-state index contributed by atoms with van der Waals surface area (Å²) in [5, 5.41) is 11.0. The van der Waals surface area contributed by atoms with Crippen LogP contribution < -0.4 is 11.1 Å². The highest BCUT2D eigenvalue weighted by Gasteiger charge is 2.23. The van der Waals surface area contributed by atoms with Crippen LogP contribution in [-0.4, -0.2) is 17.0 Å². The summed E-state index contributed by atoms with van der Waals surface area (Å²) in [7, 11) is 0. The third-order valence-electron chi connectivity index (χ3n) is 2.91. The first kappa shape index (κ1) is 12.5. The lowest BCUT2D eigenvalue weighted by atomic mass is 9.99. The van der Waals surface area contributed by atoms with Crippen molar-refractivity contribution in [1.82, 2.24) is 0 Å². The van der Waals surface area contributed by atoms with E-state index in [9.17, 15) is 14.0 Å². The number of nitrogens with two attached hydrogens (primary N) is 1. The van der Waals surface area contributed by atoms with Gasteiger partial charge in [0.15, 0.2) is 0 Å². The fourth-order valence-electron chi connectivity index (χ4n) is 1.98. The van der Waals surface area contributed by atoms with E-state index in [-0.39, 0.29) is 30.9 Å². The van der Waals surface area contributed by atoms with Gasteiger partial charge in [0.1, 0.15) is 5.82 Å². The summed E-state index contributed by atoms with van der Waals surface area (Å²) in [6.45, 7) is 0. The summed E-state index contributed by atoms with van der Waals surface area (Å²) in [5.74, 6) is -1.72. The molecule has 2 rings (SSSR count). The summed E-state index contributed by atoms with van der Waals surface area (Å²) in [5.41, 5.74) is 7.10. The highest BCUT2D eigenvalue weighted by atomic mass is 19.1. The number of anilines is 1. The maximum absolute atomic E-state index is 13.7. The normalized spacial score (nSPS) is 15.1. The maximum Gasteiger partial charge on any atom is 0.303 e. The SMILES string of the molecule is NC(CCC(=O)O)c1cc(F)c2c(c1)CC(=O)N2. The summed E-state index contributed by atoms with van der Waals surface area (Å²) < 4.78 is 13.7. The average molecular weight is 252 g/mol. The Morgan fingerprint density at radius 1 is 1.56 bits per heavy atom. The van der Waals surface area contributed by atoms with Gasteiger partial charge in [0.2, 0.25) is 5.91 Å². The molecular formula is C12H13FN2O3. The van der Waals surface area contributed by atoms with Crippen LogP contribution in [0.15, 0.2) is 12.1 Å². The van der Waals surface area contributed by atoms with Crippen molar-refractivity contribution in [2.45, 2.75) is 25.3 Å². The summed E-state index contributed by atoms with van der Waals surface area (Å²) >= 11 is 0. The zero-order valence-electron chi connectivity index (χ0n) is 9.57. The molecule has 1 aliphatic rings. The number of hydrogen-bond acceptors (Lipinski definition) is 3. The number of carboxylic acids is 1. The van der Waals surface area contributed by atoms with Crippen molar-refractivity contribution in [2.24, 2.45) is 5.73 Å². The maximum atomic E-state index is 13.7. The van der Waals surface area contributed by atoms with E-state index in [4.69, 9.17) is 10.8 Å². The number of hydrogen-bond donors (Lipinski definition) is 3. The van der Waals surface area contributed by atoms with E-state index in [0.29, 0.717) is 11.1 Å². The van der Waals surface area contributed by atoms with Crippen LogP contribution in [0, 0.1) is 5.82 Å². The largest absolute Gasteiger partial charge is 0.481 e. The highest BCUT2D eigenvalue weighted by Crippen LogP contribution is 2.30. The third-order valence-corrected chi connectivity index (χ3v) is 2.91. The van der Waals surface area contributed by atoms with Gasteiger partial charge in [0.05, 0.1) is 12.1 Å². The lowest BCUT2D eigenvalue weighted by molar-refractivity contribution is -0.137. The molecule has 0 bridgehead atoms. The predicted molar refractivity (Wildman–Crippen MR) is 62.5 cm³/mol. The minimum absolute atomic E-state index is 0.0724. The molecule has 0 saturated carbocycles. The summed E-state index contributed by atoms with van der Waals surface area (Å²) in [6.07, 6.45) is 0.289. The van der Waals surface area contributed by atoms with E-state index >= 15 is 0 Å². The molecule has 1 unspecified atom stereocenters. The highest BCUT2D eigenvalue weighted by molar-refractivity contribution is 5.99. The molecule has 1 amide bonds. The van der Waals surface area contributed by atoms with Gasteiger partial charge in [-0.15, -0.1) is 0 Å². The monoisotopic (exact) mass is 252 g/mol. The van der Waals surface area contributed by atoms with Gasteiger partial charge in [-0.05, 0) is 23.6 Å². The van der Waals surface area contributed by atoms with Gasteiger partial charge < -0.3 is 16.2 Å². The molecule has 1 aromatic carbocycles. The Hall–Kier alpha value is -1.95. The van der Waals surface area contributed by atoms with Crippen molar-refractivity contribution >= 4 is 17.6 Å². The number of carbonyl (C=O) groups is 2. The van der Waals surface area contributed by atoms with Crippen LogP contribution in [0.4, 0.5) is 10.1 Å². The first-order chi connectivity index (χ1) is 8.47. The van der Waals surface area contributed by atoms with Gasteiger partial charge in [0.25, 0.3) is 0 Å². The number of amides is 1. The number of carbonyl (C=O) groups excluding carboxylic acids is 1. The fraction of sp³-hybridized carbons (Fsp3) is 0.333. The molecule has 4 N–H and O–H groups in total. The Labute approximate surface area is 103 Å². The van der Waals surface area contributed by atoms with Crippen molar-refractivity contribution in [1.29, 1.82) is 0 Å². The van der Waals surface area contributed by atoms with Crippen molar-refractivity contribution in [3.8, 4) is 0 Å². The quantitative estimate of drug-likeness (QED) is 0.750. The molecule has 0 saturated heterocycles. The second-order valence-corrected chi connectivity index (χ2v) is 4.30. The van der Waals surface area contributed by atoms with Gasteiger partial charge in [-0.2, -0.15) is 0 Å². The number of rotatable bonds is 4. The van der Waals surface area contributed by atoms with Crippen LogP contribution in [0.5, 0.6) is 0 Å². The van der Waals surface area contributed by atoms with Crippen molar-refractivity contribution in [2.75, 3.05) is 5.32 Å². The number of carboxylic acid groups (broad SMARTS) is 1. The average Bonchev–Trinajstić information content (AvgIpc) is 2.67. The second-order valence-electron chi connectivity index (χ2n) is 4.30. The number of halogens is 1. The van der Waals surface area contributed by atoms with Gasteiger partial charge in [-0.3, -0.25) is 9.59 Å². The molecule has 0 aromatic heterocycles. The first-order valence-corrected chi connectivity index (χ1v) is 5.57. The molecule has 5 nitrogen and oxygen atoms in total. The smallest absolute Gasteiger partial charge is 0.303 e. The van der Waals surface area contributed by atoms with Gasteiger partial charge in [0, 0.05) is 12.5 Å². The van der Waals surface area contributed by atoms with E-state index in [1.54, 1.807) is 6.07 Å². The van der Waals surface area contributed by atoms with E-state index in [1.807, 2.05) is 0 Å². The molecule has 6 heteroatoms. The Kier molecular flexibility index (Phi) is 3.29. The molecule has 0 fully saturated rings. The van der Waals surface area contributed by atoms with E-state index < -0.39 is 17.8 Å². The molecule has 0 radical (unpaired) electrons. The van der Waals surface area contributed by atoms with E-state index in [2.05, 4.69) is 5.32 Å². The van der Waals surface area contributed by atoms with Crippen molar-refractivity contribution in [3.63, 3.8) is 0 Å². The molecule has 1 heterocycles. The molecule has 1 aromatic rings. The van der Waals surface area contributed by atoms with Crippen molar-refractivity contribution in [3.05, 3.63) is 29.1 Å². The molecule has 18 heavy (non-hydrogen) atoms. The first-order valence-electron chi connectivity index (χ1n) is 5.57. The lowest BCUT2D eigenvalue weighted by Gasteiger charge is -2.12. The number of benzene rings is 1. The van der Waals surface area contributed by atoms with Crippen LogP contribution in [0.3, 0.4) is 0 Å². The standard InChI is InChI=1S/C12H13FN2O3/c13-8-4-6(9(14)1-2-11(17)18)3-7-5-10(16)15-12(7)8/h3-4,9H,1-2,5,14H2,(H,15,16)(H,17,18). The fourth-order valence-corrected chi connectivity index (χ4v) is 1.98. The van der Waals surface area contributed by atoms with Crippen LogP contribution in [0.1, 0.15) is 30.0 Å². The minimum atomic E-state index is -0.941. The molecular weight excluding hydrogens is 239 g/mol.